The Kier molecular flexibility index (Phi) is 8.34. The Labute approximate surface area is 141 Å². The fourth-order valence-corrected chi connectivity index (χ4v) is 3.78. The van der Waals surface area contributed by atoms with Crippen LogP contribution in [0.15, 0.2) is 0 Å². The number of nitrogens with one attached hydrogen (secondary N) is 1. The summed E-state index contributed by atoms with van der Waals surface area (Å²) in [7, 11) is 0. The first-order valence-corrected chi connectivity index (χ1v) is 9.54. The van der Waals surface area contributed by atoms with E-state index in [1.54, 1.807) is 0 Å². The molecule has 134 valence electrons. The van der Waals surface area contributed by atoms with E-state index in [2.05, 4.69) is 22.0 Å². The van der Waals surface area contributed by atoms with Gasteiger partial charge in [0.05, 0.1) is 6.61 Å². The Morgan fingerprint density at radius 1 is 1.22 bits per heavy atom. The summed E-state index contributed by atoms with van der Waals surface area (Å²) in [6, 6.07) is 0.493. The molecule has 2 saturated heterocycles. The molecule has 0 saturated carbocycles. The van der Waals surface area contributed by atoms with E-state index in [0.29, 0.717) is 11.9 Å². The average molecular weight is 325 g/mol. The highest BCUT2D eigenvalue weighted by atomic mass is 16.5. The number of hydrogen-bond donors (Lipinski definition) is 1. The zero-order valence-electron chi connectivity index (χ0n) is 15.1. The van der Waals surface area contributed by atoms with Crippen LogP contribution >= 0.6 is 0 Å². The Morgan fingerprint density at radius 2 is 2.00 bits per heavy atom. The second-order valence-electron chi connectivity index (χ2n) is 6.87. The summed E-state index contributed by atoms with van der Waals surface area (Å²) in [6.07, 6.45) is 5.37. The maximum Gasteiger partial charge on any atom is 0.222 e. The van der Waals surface area contributed by atoms with Crippen LogP contribution in [0.5, 0.6) is 0 Å². The third-order valence-corrected chi connectivity index (χ3v) is 5.38. The zero-order chi connectivity index (χ0) is 16.5. The van der Waals surface area contributed by atoms with Crippen molar-refractivity contribution in [1.29, 1.82) is 0 Å². The van der Waals surface area contributed by atoms with Gasteiger partial charge in [0.1, 0.15) is 0 Å². The number of carbonyl (C=O) groups is 1. The quantitative estimate of drug-likeness (QED) is 0.690. The summed E-state index contributed by atoms with van der Waals surface area (Å²) in [5.74, 6) is 1.11. The summed E-state index contributed by atoms with van der Waals surface area (Å²) in [4.78, 5) is 17.1. The first kappa shape index (κ1) is 18.7. The molecule has 1 unspecified atom stereocenters. The largest absolute Gasteiger partial charge is 0.380 e. The Morgan fingerprint density at radius 3 is 2.70 bits per heavy atom. The van der Waals surface area contributed by atoms with Crippen LogP contribution in [0.2, 0.25) is 0 Å². The number of carbonyl (C=O) groups excluding carboxylic acids is 1. The molecule has 23 heavy (non-hydrogen) atoms. The normalized spacial score (nSPS) is 24.1. The number of piperazine rings is 1. The second-order valence-corrected chi connectivity index (χ2v) is 6.87. The molecule has 1 amide bonds. The molecule has 1 N–H and O–H groups in total. The maximum atomic E-state index is 12.5. The van der Waals surface area contributed by atoms with Crippen LogP contribution in [-0.2, 0) is 9.53 Å². The van der Waals surface area contributed by atoms with Gasteiger partial charge in [0.15, 0.2) is 0 Å². The molecule has 0 aromatic heterocycles. The van der Waals surface area contributed by atoms with Crippen molar-refractivity contribution < 1.29 is 9.53 Å². The first-order chi connectivity index (χ1) is 11.2. The number of piperidine rings is 1. The van der Waals surface area contributed by atoms with E-state index in [1.165, 1.54) is 12.8 Å². The molecule has 0 bridgehead atoms. The average Bonchev–Trinajstić information content (AvgIpc) is 2.61. The summed E-state index contributed by atoms with van der Waals surface area (Å²) in [5, 5.41) is 3.39. The number of ether oxygens (including phenoxy) is 1. The molecule has 0 aliphatic carbocycles. The molecule has 0 aromatic rings. The lowest BCUT2D eigenvalue weighted by Gasteiger charge is -2.41. The van der Waals surface area contributed by atoms with Crippen LogP contribution in [0, 0.1) is 5.92 Å². The van der Waals surface area contributed by atoms with Crippen LogP contribution in [0.1, 0.15) is 46.0 Å². The van der Waals surface area contributed by atoms with Gasteiger partial charge in [-0.15, -0.1) is 0 Å². The fourth-order valence-electron chi connectivity index (χ4n) is 3.78. The highest BCUT2D eigenvalue weighted by Crippen LogP contribution is 2.20. The number of hydrogen-bond acceptors (Lipinski definition) is 4. The van der Waals surface area contributed by atoms with Gasteiger partial charge in [-0.3, -0.25) is 9.69 Å². The Balaban J connectivity index is 1.72. The Hall–Kier alpha value is -0.650. The van der Waals surface area contributed by atoms with Gasteiger partial charge >= 0.3 is 0 Å². The molecule has 2 aliphatic rings. The van der Waals surface area contributed by atoms with Crippen molar-refractivity contribution in [3.8, 4) is 0 Å². The molecule has 2 heterocycles. The zero-order valence-corrected chi connectivity index (χ0v) is 15.1. The maximum absolute atomic E-state index is 12.5. The minimum absolute atomic E-state index is 0.367. The van der Waals surface area contributed by atoms with Crippen molar-refractivity contribution >= 4 is 5.91 Å². The van der Waals surface area contributed by atoms with Gasteiger partial charge in [-0.1, -0.05) is 6.92 Å². The lowest BCUT2D eigenvalue weighted by atomic mass is 9.93. The monoisotopic (exact) mass is 325 g/mol. The molecule has 2 aliphatic heterocycles. The topological polar surface area (TPSA) is 44.8 Å². The predicted octanol–water partition coefficient (Wildman–Crippen LogP) is 1.73. The summed E-state index contributed by atoms with van der Waals surface area (Å²) >= 11 is 0. The van der Waals surface area contributed by atoms with Gasteiger partial charge in [-0.05, 0) is 51.6 Å². The molecule has 0 spiro atoms. The van der Waals surface area contributed by atoms with Crippen molar-refractivity contribution in [2.45, 2.75) is 52.0 Å². The first-order valence-electron chi connectivity index (χ1n) is 9.54. The molecule has 5 nitrogen and oxygen atoms in total. The van der Waals surface area contributed by atoms with Crippen molar-refractivity contribution in [2.24, 2.45) is 5.92 Å². The second kappa shape index (κ2) is 10.3. The Bertz CT molecular complexity index is 345. The van der Waals surface area contributed by atoms with Crippen molar-refractivity contribution in [3.63, 3.8) is 0 Å². The minimum atomic E-state index is 0.367. The molecule has 2 fully saturated rings. The highest BCUT2D eigenvalue weighted by molar-refractivity contribution is 5.76. The third-order valence-electron chi connectivity index (χ3n) is 5.38. The van der Waals surface area contributed by atoms with Crippen molar-refractivity contribution in [3.05, 3.63) is 0 Å². The third kappa shape index (κ3) is 6.05. The standard InChI is InChI=1S/C18H35N3O2/c1-3-17-15-21(12-11-20(17)13-14-23-4-2)18(22)6-5-16-7-9-19-10-8-16/h16-17,19H,3-15H2,1-2H3. The molecule has 5 heteroatoms. The van der Waals surface area contributed by atoms with Gasteiger partial charge in [0, 0.05) is 45.2 Å². The van der Waals surface area contributed by atoms with E-state index in [1.807, 2.05) is 6.92 Å². The fraction of sp³-hybridized carbons (Fsp3) is 0.944. The molecule has 0 radical (unpaired) electrons. The van der Waals surface area contributed by atoms with E-state index in [-0.39, 0.29) is 0 Å². The van der Waals surface area contributed by atoms with Crippen LogP contribution in [-0.4, -0.2) is 74.2 Å². The lowest BCUT2D eigenvalue weighted by Crippen LogP contribution is -2.55. The van der Waals surface area contributed by atoms with Gasteiger partial charge in [-0.25, -0.2) is 0 Å². The van der Waals surface area contributed by atoms with E-state index < -0.39 is 0 Å². The van der Waals surface area contributed by atoms with E-state index >= 15 is 0 Å². The minimum Gasteiger partial charge on any atom is -0.380 e. The van der Waals surface area contributed by atoms with E-state index in [0.717, 1.165) is 77.7 Å². The van der Waals surface area contributed by atoms with Gasteiger partial charge in [0.2, 0.25) is 5.91 Å². The summed E-state index contributed by atoms with van der Waals surface area (Å²) in [5.41, 5.74) is 0. The van der Waals surface area contributed by atoms with E-state index in [4.69, 9.17) is 4.74 Å². The van der Waals surface area contributed by atoms with Gasteiger partial charge in [0.25, 0.3) is 0 Å². The van der Waals surface area contributed by atoms with Gasteiger partial charge in [-0.2, -0.15) is 0 Å². The molecular formula is C18H35N3O2. The number of nitrogens with zero attached hydrogens (tertiary/aromatic N) is 2. The van der Waals surface area contributed by atoms with Crippen LogP contribution < -0.4 is 5.32 Å². The van der Waals surface area contributed by atoms with Crippen LogP contribution in [0.4, 0.5) is 0 Å². The highest BCUT2D eigenvalue weighted by Gasteiger charge is 2.28. The van der Waals surface area contributed by atoms with Crippen LogP contribution in [0.25, 0.3) is 0 Å². The lowest BCUT2D eigenvalue weighted by molar-refractivity contribution is -0.134. The van der Waals surface area contributed by atoms with Crippen molar-refractivity contribution in [2.75, 3.05) is 52.5 Å². The SMILES string of the molecule is CCOCCN1CCN(C(=O)CCC2CCNCC2)CC1CC. The van der Waals surface area contributed by atoms with Crippen LogP contribution in [0.3, 0.4) is 0 Å². The molecule has 1 atom stereocenters. The molecular weight excluding hydrogens is 290 g/mol. The van der Waals surface area contributed by atoms with Crippen molar-refractivity contribution in [1.82, 2.24) is 15.1 Å². The van der Waals surface area contributed by atoms with Gasteiger partial charge < -0.3 is 15.0 Å². The molecule has 0 aromatic carbocycles. The predicted molar refractivity (Wildman–Crippen MR) is 93.6 cm³/mol. The number of rotatable bonds is 8. The van der Waals surface area contributed by atoms with E-state index in [9.17, 15) is 4.79 Å². The molecule has 2 rings (SSSR count). The smallest absolute Gasteiger partial charge is 0.222 e. The summed E-state index contributed by atoms with van der Waals surface area (Å²) < 4.78 is 5.48. The number of amides is 1. The summed E-state index contributed by atoms with van der Waals surface area (Å²) in [6.45, 7) is 11.8.